The number of nitrogens with one attached hydrogen (secondary N) is 1. The van der Waals surface area contributed by atoms with Gasteiger partial charge in [0.25, 0.3) is 5.91 Å². The van der Waals surface area contributed by atoms with Gasteiger partial charge in [0.05, 0.1) is 13.2 Å². The number of rotatable bonds is 15. The van der Waals surface area contributed by atoms with Crippen molar-refractivity contribution in [2.24, 2.45) is 0 Å². The molecule has 3 aromatic carbocycles. The van der Waals surface area contributed by atoms with Crippen molar-refractivity contribution in [1.82, 2.24) is 0 Å². The van der Waals surface area contributed by atoms with Gasteiger partial charge in [-0.3, -0.25) is 14.2 Å². The number of ether oxygens (including phenoxy) is 1. The molecule has 8 heteroatoms. The Morgan fingerprint density at radius 2 is 1.49 bits per heavy atom. The summed E-state index contributed by atoms with van der Waals surface area (Å²) in [5.41, 5.74) is 2.94. The molecule has 0 radical (unpaired) electrons. The number of anilines is 1. The summed E-state index contributed by atoms with van der Waals surface area (Å²) in [5.74, 6) is 0.671. The highest BCUT2D eigenvalue weighted by Gasteiger charge is 2.22. The van der Waals surface area contributed by atoms with Gasteiger partial charge in [0.1, 0.15) is 11.5 Å². The molecule has 0 spiro atoms. The number of unbranched alkanes of at least 4 members (excludes halogenated alkanes) is 5. The van der Waals surface area contributed by atoms with Crippen LogP contribution in [0.25, 0.3) is 11.1 Å². The second-order valence-electron chi connectivity index (χ2n) is 8.68. The van der Waals surface area contributed by atoms with E-state index in [1.54, 1.807) is 31.2 Å². The van der Waals surface area contributed by atoms with Crippen LogP contribution in [0.1, 0.15) is 62.7 Å². The van der Waals surface area contributed by atoms with Crippen molar-refractivity contribution in [2.75, 3.05) is 18.5 Å². The predicted octanol–water partition coefficient (Wildman–Crippen LogP) is 7.86. The van der Waals surface area contributed by atoms with Crippen LogP contribution in [-0.2, 0) is 9.09 Å². The largest absolute Gasteiger partial charge is 0.527 e. The molecule has 0 saturated heterocycles. The number of hydrogen-bond acceptors (Lipinski definition) is 5. The summed E-state index contributed by atoms with van der Waals surface area (Å²) in [6, 6.07) is 21.5. The number of carbonyl (C=O) groups is 1. The van der Waals surface area contributed by atoms with E-state index in [4.69, 9.17) is 13.8 Å². The molecule has 0 saturated carbocycles. The zero-order valence-electron chi connectivity index (χ0n) is 21.5. The minimum atomic E-state index is -4.20. The van der Waals surface area contributed by atoms with E-state index in [1.807, 2.05) is 36.4 Å². The molecule has 0 aliphatic rings. The average Bonchev–Trinajstić information content (AvgIpc) is 2.88. The molecule has 0 aliphatic carbocycles. The molecule has 3 rings (SSSR count). The third-order valence-electron chi connectivity index (χ3n) is 5.71. The van der Waals surface area contributed by atoms with Crippen molar-refractivity contribution in [3.63, 3.8) is 0 Å². The molecule has 0 heterocycles. The summed E-state index contributed by atoms with van der Waals surface area (Å²) in [5, 5.41) is 2.77. The standard InChI is InChI=1S/C29H36NO6P/c1-3-5-6-7-8-9-21-34-27-19-17-24(18-20-27)23-13-15-25(16-14-23)29(31)30-26-11-10-12-28(22-26)36-37(32,33)35-4-2/h10-20,22H,3-9,21H2,1-2H3,(H,30,31)(H,32,33). The fraction of sp³-hybridized carbons (Fsp3) is 0.345. The quantitative estimate of drug-likeness (QED) is 0.155. The van der Waals surface area contributed by atoms with Crippen LogP contribution < -0.4 is 14.6 Å². The van der Waals surface area contributed by atoms with E-state index >= 15 is 0 Å². The second kappa shape index (κ2) is 14.6. The Labute approximate surface area is 219 Å². The van der Waals surface area contributed by atoms with E-state index in [9.17, 15) is 14.3 Å². The maximum Gasteiger partial charge on any atom is 0.527 e. The molecule has 2 N–H and O–H groups in total. The van der Waals surface area contributed by atoms with Crippen LogP contribution in [0, 0.1) is 0 Å². The van der Waals surface area contributed by atoms with E-state index < -0.39 is 7.82 Å². The Morgan fingerprint density at radius 3 is 2.16 bits per heavy atom. The maximum atomic E-state index is 12.7. The lowest BCUT2D eigenvalue weighted by atomic mass is 10.0. The molecule has 0 aliphatic heterocycles. The summed E-state index contributed by atoms with van der Waals surface area (Å²) in [6.07, 6.45) is 7.42. The van der Waals surface area contributed by atoms with Gasteiger partial charge in [-0.2, -0.15) is 0 Å². The van der Waals surface area contributed by atoms with E-state index in [0.29, 0.717) is 11.3 Å². The van der Waals surface area contributed by atoms with Gasteiger partial charge in [0, 0.05) is 17.3 Å². The van der Waals surface area contributed by atoms with Crippen LogP contribution in [-0.4, -0.2) is 24.0 Å². The van der Waals surface area contributed by atoms with Crippen molar-refractivity contribution >= 4 is 19.4 Å². The Bertz CT molecular complexity index is 1160. The van der Waals surface area contributed by atoms with Crippen LogP contribution in [0.4, 0.5) is 5.69 Å². The Hall–Kier alpha value is -3.12. The van der Waals surface area contributed by atoms with Crippen molar-refractivity contribution in [2.45, 2.75) is 52.4 Å². The average molecular weight is 526 g/mol. The third-order valence-corrected chi connectivity index (χ3v) is 6.73. The molecule has 3 aromatic rings. The summed E-state index contributed by atoms with van der Waals surface area (Å²) < 4.78 is 27.4. The summed E-state index contributed by atoms with van der Waals surface area (Å²) in [4.78, 5) is 22.4. The van der Waals surface area contributed by atoms with Gasteiger partial charge >= 0.3 is 7.82 Å². The van der Waals surface area contributed by atoms with E-state index in [-0.39, 0.29) is 18.3 Å². The van der Waals surface area contributed by atoms with Crippen LogP contribution in [0.15, 0.2) is 72.8 Å². The summed E-state index contributed by atoms with van der Waals surface area (Å²) in [7, 11) is -4.20. The van der Waals surface area contributed by atoms with Crippen molar-refractivity contribution in [3.05, 3.63) is 78.4 Å². The predicted molar refractivity (Wildman–Crippen MR) is 147 cm³/mol. The van der Waals surface area contributed by atoms with Crippen LogP contribution in [0.2, 0.25) is 0 Å². The van der Waals surface area contributed by atoms with Gasteiger partial charge in [-0.1, -0.05) is 69.4 Å². The highest BCUT2D eigenvalue weighted by atomic mass is 31.2. The molecule has 1 amide bonds. The number of phosphoric ester groups is 1. The molecular formula is C29H36NO6P. The first-order valence-corrected chi connectivity index (χ1v) is 14.3. The first kappa shape index (κ1) is 28.5. The molecule has 0 fully saturated rings. The van der Waals surface area contributed by atoms with E-state index in [1.165, 1.54) is 44.2 Å². The number of benzene rings is 3. The smallest absolute Gasteiger partial charge is 0.494 e. The first-order chi connectivity index (χ1) is 17.9. The molecule has 1 atom stereocenters. The van der Waals surface area contributed by atoms with Crippen molar-refractivity contribution in [3.8, 4) is 22.6 Å². The lowest BCUT2D eigenvalue weighted by Crippen LogP contribution is -2.11. The third kappa shape index (κ3) is 9.69. The Kier molecular flexibility index (Phi) is 11.2. The molecule has 198 valence electrons. The lowest BCUT2D eigenvalue weighted by molar-refractivity contribution is 0.102. The molecule has 1 unspecified atom stereocenters. The number of carbonyl (C=O) groups excluding carboxylic acids is 1. The number of amides is 1. The van der Waals surface area contributed by atoms with Crippen LogP contribution >= 0.6 is 7.82 Å². The van der Waals surface area contributed by atoms with Gasteiger partial charge in [-0.15, -0.1) is 0 Å². The fourth-order valence-electron chi connectivity index (χ4n) is 3.79. The SMILES string of the molecule is CCCCCCCCOc1ccc(-c2ccc(C(=O)Nc3cccc(OP(=O)(O)OCC)c3)cc2)cc1. The number of hydrogen-bond donors (Lipinski definition) is 2. The zero-order chi connectivity index (χ0) is 26.5. The molecule has 7 nitrogen and oxygen atoms in total. The van der Waals surface area contributed by atoms with Gasteiger partial charge in [-0.05, 0) is 60.9 Å². The highest BCUT2D eigenvalue weighted by Crippen LogP contribution is 2.44. The summed E-state index contributed by atoms with van der Waals surface area (Å²) in [6.45, 7) is 4.59. The monoisotopic (exact) mass is 525 g/mol. The first-order valence-electron chi connectivity index (χ1n) is 12.8. The zero-order valence-corrected chi connectivity index (χ0v) is 22.4. The van der Waals surface area contributed by atoms with E-state index in [2.05, 4.69) is 12.2 Å². The topological polar surface area (TPSA) is 94.1 Å². The minimum Gasteiger partial charge on any atom is -0.494 e. The maximum absolute atomic E-state index is 12.7. The molecular weight excluding hydrogens is 489 g/mol. The second-order valence-corrected chi connectivity index (χ2v) is 10.1. The Morgan fingerprint density at radius 1 is 0.838 bits per heavy atom. The molecule has 0 aromatic heterocycles. The Balaban J connectivity index is 1.52. The summed E-state index contributed by atoms with van der Waals surface area (Å²) >= 11 is 0. The van der Waals surface area contributed by atoms with Gasteiger partial charge in [-0.25, -0.2) is 4.57 Å². The van der Waals surface area contributed by atoms with Crippen molar-refractivity contribution < 1.29 is 28.0 Å². The van der Waals surface area contributed by atoms with Gasteiger partial charge in [0.2, 0.25) is 0 Å². The number of phosphoric acid groups is 1. The van der Waals surface area contributed by atoms with Crippen LogP contribution in [0.5, 0.6) is 11.5 Å². The minimum absolute atomic E-state index is 0.0391. The van der Waals surface area contributed by atoms with E-state index in [0.717, 1.165) is 29.9 Å². The van der Waals surface area contributed by atoms with Crippen molar-refractivity contribution in [1.29, 1.82) is 0 Å². The molecule has 0 bridgehead atoms. The highest BCUT2D eigenvalue weighted by molar-refractivity contribution is 7.47. The lowest BCUT2D eigenvalue weighted by Gasteiger charge is -2.13. The van der Waals surface area contributed by atoms with Crippen LogP contribution in [0.3, 0.4) is 0 Å². The fourth-order valence-corrected chi connectivity index (χ4v) is 4.55. The van der Waals surface area contributed by atoms with Gasteiger partial charge < -0.3 is 14.6 Å². The molecule has 37 heavy (non-hydrogen) atoms. The van der Waals surface area contributed by atoms with Gasteiger partial charge in [0.15, 0.2) is 0 Å². The normalized spacial score (nSPS) is 12.5.